The van der Waals surface area contributed by atoms with Crippen LogP contribution in [0.1, 0.15) is 18.0 Å². The van der Waals surface area contributed by atoms with Crippen molar-refractivity contribution in [3.63, 3.8) is 0 Å². The van der Waals surface area contributed by atoms with Crippen molar-refractivity contribution in [1.29, 1.82) is 0 Å². The number of aromatic nitrogens is 1. The minimum atomic E-state index is -0.473. The molecule has 1 N–H and O–H groups in total. The quantitative estimate of drug-likeness (QED) is 0.679. The predicted octanol–water partition coefficient (Wildman–Crippen LogP) is 5.04. The van der Waals surface area contributed by atoms with Crippen LogP contribution in [0.3, 0.4) is 0 Å². The highest BCUT2D eigenvalue weighted by Gasteiger charge is 2.18. The molecule has 0 spiro atoms. The molecule has 1 aromatic heterocycles. The fourth-order valence-corrected chi connectivity index (χ4v) is 2.82. The van der Waals surface area contributed by atoms with Crippen LogP contribution in [0.15, 0.2) is 67.0 Å². The van der Waals surface area contributed by atoms with E-state index in [2.05, 4.69) is 5.32 Å². The topological polar surface area (TPSA) is 34.0 Å². The summed E-state index contributed by atoms with van der Waals surface area (Å²) < 4.78 is 28.2. The lowest BCUT2D eigenvalue weighted by atomic mass is 10.0. The third kappa shape index (κ3) is 4.25. The van der Waals surface area contributed by atoms with Gasteiger partial charge in [-0.1, -0.05) is 23.7 Å². The number of amides is 1. The van der Waals surface area contributed by atoms with Gasteiger partial charge in [0.15, 0.2) is 0 Å². The summed E-state index contributed by atoms with van der Waals surface area (Å²) in [6.45, 7) is 0. The van der Waals surface area contributed by atoms with E-state index in [4.69, 9.17) is 11.6 Å². The van der Waals surface area contributed by atoms with Crippen molar-refractivity contribution in [3.05, 3.63) is 89.2 Å². The van der Waals surface area contributed by atoms with Gasteiger partial charge < -0.3 is 9.88 Å². The molecule has 3 nitrogen and oxygen atoms in total. The van der Waals surface area contributed by atoms with Crippen LogP contribution in [-0.4, -0.2) is 10.5 Å². The highest BCUT2D eigenvalue weighted by Crippen LogP contribution is 2.26. The number of hydrogen-bond donors (Lipinski definition) is 1. The van der Waals surface area contributed by atoms with Crippen molar-refractivity contribution in [2.45, 2.75) is 12.5 Å². The van der Waals surface area contributed by atoms with Crippen LogP contribution in [0.25, 0.3) is 0 Å². The first kappa shape index (κ1) is 17.2. The first-order valence-electron chi connectivity index (χ1n) is 7.66. The second-order valence-corrected chi connectivity index (χ2v) is 5.98. The van der Waals surface area contributed by atoms with E-state index in [9.17, 15) is 13.6 Å². The van der Waals surface area contributed by atoms with E-state index < -0.39 is 5.82 Å². The highest BCUT2D eigenvalue weighted by molar-refractivity contribution is 6.33. The molecule has 0 aliphatic heterocycles. The maximum Gasteiger partial charge on any atom is 0.226 e. The minimum absolute atomic E-state index is 0.119. The normalized spacial score (nSPS) is 12.0. The van der Waals surface area contributed by atoms with Crippen LogP contribution in [-0.2, 0) is 4.79 Å². The summed E-state index contributed by atoms with van der Waals surface area (Å²) in [5.74, 6) is -1.09. The molecule has 0 saturated heterocycles. The van der Waals surface area contributed by atoms with E-state index in [1.165, 1.54) is 24.3 Å². The van der Waals surface area contributed by atoms with Crippen molar-refractivity contribution < 1.29 is 13.6 Å². The Morgan fingerprint density at radius 1 is 1.04 bits per heavy atom. The van der Waals surface area contributed by atoms with Crippen molar-refractivity contribution in [1.82, 2.24) is 4.57 Å². The second kappa shape index (κ2) is 7.49. The molecule has 0 saturated carbocycles. The first-order valence-corrected chi connectivity index (χ1v) is 8.03. The number of carbonyl (C=O) groups excluding carboxylic acids is 1. The molecule has 1 heterocycles. The van der Waals surface area contributed by atoms with Crippen LogP contribution < -0.4 is 5.32 Å². The molecular weight excluding hydrogens is 346 g/mol. The van der Waals surface area contributed by atoms with Gasteiger partial charge in [0, 0.05) is 12.4 Å². The van der Waals surface area contributed by atoms with Crippen molar-refractivity contribution >= 4 is 23.2 Å². The maximum absolute atomic E-state index is 13.2. The molecule has 1 amide bonds. The summed E-state index contributed by atoms with van der Waals surface area (Å²) >= 11 is 5.94. The molecule has 25 heavy (non-hydrogen) atoms. The Morgan fingerprint density at radius 3 is 2.32 bits per heavy atom. The van der Waals surface area contributed by atoms with Gasteiger partial charge in [0.1, 0.15) is 11.6 Å². The monoisotopic (exact) mass is 360 g/mol. The van der Waals surface area contributed by atoms with Crippen molar-refractivity contribution in [2.24, 2.45) is 0 Å². The van der Waals surface area contributed by atoms with Gasteiger partial charge in [-0.25, -0.2) is 8.78 Å². The number of nitrogens with one attached hydrogen (secondary N) is 1. The Bertz CT molecular complexity index is 864. The van der Waals surface area contributed by atoms with Crippen LogP contribution in [0.4, 0.5) is 14.5 Å². The Hall–Kier alpha value is -2.66. The van der Waals surface area contributed by atoms with E-state index >= 15 is 0 Å². The summed E-state index contributed by atoms with van der Waals surface area (Å²) in [6.07, 6.45) is 3.80. The lowest BCUT2D eigenvalue weighted by Gasteiger charge is -2.19. The van der Waals surface area contributed by atoms with Gasteiger partial charge in [-0.3, -0.25) is 4.79 Å². The van der Waals surface area contributed by atoms with Gasteiger partial charge in [-0.15, -0.1) is 0 Å². The van der Waals surface area contributed by atoms with E-state index in [1.54, 1.807) is 12.1 Å². The maximum atomic E-state index is 13.2. The molecule has 0 radical (unpaired) electrons. The summed E-state index contributed by atoms with van der Waals surface area (Å²) in [7, 11) is 0. The largest absolute Gasteiger partial charge is 0.346 e. The third-order valence-electron chi connectivity index (χ3n) is 3.83. The fourth-order valence-electron chi connectivity index (χ4n) is 2.60. The SMILES string of the molecule is O=C(C[C@H](c1ccc(F)cc1)n1cccc1)Nc1ccc(F)cc1Cl. The molecule has 0 bridgehead atoms. The number of nitrogens with zero attached hydrogens (tertiary/aromatic N) is 1. The van der Waals surface area contributed by atoms with E-state index in [-0.39, 0.29) is 29.2 Å². The number of halogens is 3. The predicted molar refractivity (Wildman–Crippen MR) is 93.6 cm³/mol. The van der Waals surface area contributed by atoms with Crippen molar-refractivity contribution in [2.75, 3.05) is 5.32 Å². The summed E-state index contributed by atoms with van der Waals surface area (Å²) in [4.78, 5) is 12.4. The summed E-state index contributed by atoms with van der Waals surface area (Å²) in [5, 5.41) is 2.82. The standard InChI is InChI=1S/C19H15ClF2N2O/c20-16-11-15(22)7-8-17(16)23-19(25)12-18(24-9-1-2-10-24)13-3-5-14(21)6-4-13/h1-11,18H,12H2,(H,23,25)/t18-/m1/s1. The molecule has 128 valence electrons. The van der Waals surface area contributed by atoms with Gasteiger partial charge in [-0.05, 0) is 48.0 Å². The lowest BCUT2D eigenvalue weighted by Crippen LogP contribution is -2.19. The van der Waals surface area contributed by atoms with Gasteiger partial charge in [-0.2, -0.15) is 0 Å². The van der Waals surface area contributed by atoms with Crippen LogP contribution in [0.2, 0.25) is 5.02 Å². The molecule has 3 aromatic rings. The minimum Gasteiger partial charge on any atom is -0.346 e. The second-order valence-electron chi connectivity index (χ2n) is 5.57. The molecule has 6 heteroatoms. The van der Waals surface area contributed by atoms with Gasteiger partial charge in [0.05, 0.1) is 23.2 Å². The number of hydrogen-bond acceptors (Lipinski definition) is 1. The number of benzene rings is 2. The average molecular weight is 361 g/mol. The van der Waals surface area contributed by atoms with E-state index in [1.807, 2.05) is 29.1 Å². The number of carbonyl (C=O) groups is 1. The van der Waals surface area contributed by atoms with Crippen LogP contribution in [0, 0.1) is 11.6 Å². The molecule has 0 aliphatic carbocycles. The summed E-state index contributed by atoms with van der Waals surface area (Å²) in [6, 6.07) is 13.2. The van der Waals surface area contributed by atoms with Gasteiger partial charge in [0.2, 0.25) is 5.91 Å². The molecule has 1 atom stereocenters. The number of anilines is 1. The Balaban J connectivity index is 1.80. The summed E-state index contributed by atoms with van der Waals surface area (Å²) in [5.41, 5.74) is 1.15. The first-order chi connectivity index (χ1) is 12.0. The molecule has 3 rings (SSSR count). The zero-order valence-corrected chi connectivity index (χ0v) is 13.9. The highest BCUT2D eigenvalue weighted by atomic mass is 35.5. The average Bonchev–Trinajstić information content (AvgIpc) is 3.10. The molecular formula is C19H15ClF2N2O. The smallest absolute Gasteiger partial charge is 0.226 e. The van der Waals surface area contributed by atoms with Crippen LogP contribution >= 0.6 is 11.6 Å². The van der Waals surface area contributed by atoms with Crippen LogP contribution in [0.5, 0.6) is 0 Å². The molecule has 2 aromatic carbocycles. The lowest BCUT2D eigenvalue weighted by molar-refractivity contribution is -0.116. The Labute approximate surface area is 148 Å². The molecule has 0 unspecified atom stereocenters. The number of rotatable bonds is 5. The van der Waals surface area contributed by atoms with Crippen molar-refractivity contribution in [3.8, 4) is 0 Å². The fraction of sp³-hybridized carbons (Fsp3) is 0.105. The van der Waals surface area contributed by atoms with E-state index in [0.29, 0.717) is 5.69 Å². The van der Waals surface area contributed by atoms with Gasteiger partial charge >= 0.3 is 0 Å². The zero-order valence-electron chi connectivity index (χ0n) is 13.1. The molecule has 0 aliphatic rings. The molecule has 0 fully saturated rings. The Morgan fingerprint density at radius 2 is 1.68 bits per heavy atom. The zero-order chi connectivity index (χ0) is 17.8. The third-order valence-corrected chi connectivity index (χ3v) is 4.14. The Kier molecular flexibility index (Phi) is 5.14. The van der Waals surface area contributed by atoms with Gasteiger partial charge in [0.25, 0.3) is 0 Å². The van der Waals surface area contributed by atoms with E-state index in [0.717, 1.165) is 11.6 Å².